The third kappa shape index (κ3) is 4.08. The second-order valence-corrected chi connectivity index (χ2v) is 5.83. The van der Waals surface area contributed by atoms with Crippen LogP contribution in [-0.2, 0) is 0 Å². The first-order chi connectivity index (χ1) is 9.27. The van der Waals surface area contributed by atoms with Crippen LogP contribution in [0.15, 0.2) is 12.4 Å². The van der Waals surface area contributed by atoms with Crippen molar-refractivity contribution in [3.05, 3.63) is 18.1 Å². The average Bonchev–Trinajstić information content (AvgIpc) is 2.33. The minimum Gasteiger partial charge on any atom is -0.530 e. The molecule has 0 aliphatic rings. The van der Waals surface area contributed by atoms with E-state index in [0.29, 0.717) is 17.9 Å². The Morgan fingerprint density at radius 1 is 1.40 bits per heavy atom. The molecule has 0 aliphatic heterocycles. The first-order valence-corrected chi connectivity index (χ1v) is 6.85. The number of anilines is 1. The van der Waals surface area contributed by atoms with Crippen molar-refractivity contribution < 1.29 is 9.90 Å². The zero-order chi connectivity index (χ0) is 15.3. The van der Waals surface area contributed by atoms with Crippen LogP contribution in [0.2, 0.25) is 0 Å². The van der Waals surface area contributed by atoms with Crippen molar-refractivity contribution in [2.75, 3.05) is 5.73 Å². The van der Waals surface area contributed by atoms with Gasteiger partial charge in [-0.1, -0.05) is 19.8 Å². The van der Waals surface area contributed by atoms with Gasteiger partial charge in [0.05, 0.1) is 24.1 Å². The van der Waals surface area contributed by atoms with Crippen molar-refractivity contribution in [2.24, 2.45) is 0 Å². The molecule has 0 saturated heterocycles. The molecule has 6 heteroatoms. The lowest BCUT2D eigenvalue weighted by Gasteiger charge is -2.43. The van der Waals surface area contributed by atoms with E-state index in [-0.39, 0.29) is 6.04 Å². The van der Waals surface area contributed by atoms with Gasteiger partial charge >= 0.3 is 0 Å². The second-order valence-electron chi connectivity index (χ2n) is 5.83. The maximum absolute atomic E-state index is 11.5. The zero-order valence-corrected chi connectivity index (χ0v) is 12.6. The molecule has 112 valence electrons. The maximum Gasteiger partial charge on any atom is 0.141 e. The molecule has 1 amide bonds. The molecule has 0 aliphatic carbocycles. The predicted octanol–water partition coefficient (Wildman–Crippen LogP) is 1.73. The van der Waals surface area contributed by atoms with Crippen molar-refractivity contribution in [3.63, 3.8) is 0 Å². The number of amides is 1. The van der Waals surface area contributed by atoms with E-state index >= 15 is 0 Å². The van der Waals surface area contributed by atoms with Gasteiger partial charge in [-0.25, -0.2) is 4.98 Å². The molecule has 0 spiro atoms. The quantitative estimate of drug-likeness (QED) is 0.885. The van der Waals surface area contributed by atoms with Crippen LogP contribution in [-0.4, -0.2) is 26.5 Å². The van der Waals surface area contributed by atoms with Gasteiger partial charge in [0.15, 0.2) is 0 Å². The number of aromatic nitrogens is 2. The van der Waals surface area contributed by atoms with Crippen LogP contribution in [0.5, 0.6) is 0 Å². The molecule has 0 aromatic carbocycles. The summed E-state index contributed by atoms with van der Waals surface area (Å²) in [6.45, 7) is 7.58. The van der Waals surface area contributed by atoms with Gasteiger partial charge in [0, 0.05) is 5.54 Å². The first-order valence-electron chi connectivity index (χ1n) is 6.85. The number of nitrogens with two attached hydrogens (primary N) is 1. The highest BCUT2D eigenvalue weighted by Crippen LogP contribution is 2.30. The van der Waals surface area contributed by atoms with Gasteiger partial charge in [-0.2, -0.15) is 0 Å². The number of rotatable bonds is 5. The number of nitrogen functional groups attached to an aromatic ring is 1. The number of hydrogen-bond acceptors (Lipinski definition) is 5. The average molecular weight is 279 g/mol. The van der Waals surface area contributed by atoms with Crippen LogP contribution < -0.4 is 10.8 Å². The maximum atomic E-state index is 11.5. The molecule has 20 heavy (non-hydrogen) atoms. The molecule has 0 saturated carbocycles. The summed E-state index contributed by atoms with van der Waals surface area (Å²) in [5.74, 6) is 0.318. The van der Waals surface area contributed by atoms with E-state index in [1.54, 1.807) is 0 Å². The summed E-state index contributed by atoms with van der Waals surface area (Å²) in [6.07, 6.45) is 4.35. The Kier molecular flexibility index (Phi) is 5.30. The van der Waals surface area contributed by atoms with E-state index in [0.717, 1.165) is 12.8 Å². The molecule has 0 bridgehead atoms. The van der Waals surface area contributed by atoms with E-state index in [2.05, 4.69) is 16.9 Å². The van der Waals surface area contributed by atoms with Crippen LogP contribution in [0, 0.1) is 0 Å². The van der Waals surface area contributed by atoms with E-state index in [4.69, 9.17) is 5.73 Å². The Bertz CT molecular complexity index is 439. The molecule has 2 N–H and O–H groups in total. The molecule has 1 unspecified atom stereocenters. The number of carbonyl (C=O) groups is 1. The van der Waals surface area contributed by atoms with Crippen molar-refractivity contribution >= 4 is 11.9 Å². The summed E-state index contributed by atoms with van der Waals surface area (Å²) in [7, 11) is 0. The molecule has 1 atom stereocenters. The molecule has 0 fully saturated rings. The largest absolute Gasteiger partial charge is 0.530 e. The Labute approximate surface area is 120 Å². The van der Waals surface area contributed by atoms with E-state index in [9.17, 15) is 9.90 Å². The predicted molar refractivity (Wildman–Crippen MR) is 75.7 cm³/mol. The molecule has 1 heterocycles. The van der Waals surface area contributed by atoms with Gasteiger partial charge in [-0.3, -0.25) is 4.98 Å². The highest BCUT2D eigenvalue weighted by Gasteiger charge is 2.30. The van der Waals surface area contributed by atoms with Crippen LogP contribution in [0.1, 0.15) is 58.7 Å². The number of nitrogens with zero attached hydrogens (tertiary/aromatic N) is 3. The van der Waals surface area contributed by atoms with Crippen molar-refractivity contribution in [3.8, 4) is 0 Å². The Hall–Kier alpha value is -1.85. The number of carboxylic acid groups (broad SMARTS) is 1. The summed E-state index contributed by atoms with van der Waals surface area (Å²) in [5, 5.41) is 11.5. The number of hydrogen-bond donors (Lipinski definition) is 1. The molecule has 6 nitrogen and oxygen atoms in total. The number of carbonyl (C=O) groups excluding carboxylic acids is 1. The van der Waals surface area contributed by atoms with Crippen LogP contribution >= 0.6 is 0 Å². The van der Waals surface area contributed by atoms with Crippen molar-refractivity contribution in [1.82, 2.24) is 14.9 Å². The summed E-state index contributed by atoms with van der Waals surface area (Å²) in [5.41, 5.74) is 5.57. The second kappa shape index (κ2) is 6.54. The summed E-state index contributed by atoms with van der Waals surface area (Å²) in [4.78, 5) is 21.1. The summed E-state index contributed by atoms with van der Waals surface area (Å²) in [6, 6.07) is -0.368. The summed E-state index contributed by atoms with van der Waals surface area (Å²) < 4.78 is 0. The molecular weight excluding hydrogens is 256 g/mol. The van der Waals surface area contributed by atoms with Crippen LogP contribution in [0.3, 0.4) is 0 Å². The van der Waals surface area contributed by atoms with E-state index in [1.807, 2.05) is 20.8 Å². The minimum atomic E-state index is -1.20. The zero-order valence-electron chi connectivity index (χ0n) is 12.6. The lowest BCUT2D eigenvalue weighted by Crippen LogP contribution is -2.53. The highest BCUT2D eigenvalue weighted by molar-refractivity contribution is 5.64. The highest BCUT2D eigenvalue weighted by atomic mass is 16.4. The third-order valence-electron chi connectivity index (χ3n) is 3.10. The molecular formula is C14H23N4O2-. The fourth-order valence-electron chi connectivity index (χ4n) is 2.20. The Balaban J connectivity index is 3.15. The van der Waals surface area contributed by atoms with Gasteiger partial charge in [0.25, 0.3) is 0 Å². The van der Waals surface area contributed by atoms with Crippen LogP contribution in [0.4, 0.5) is 10.6 Å². The lowest BCUT2D eigenvalue weighted by molar-refractivity contribution is -0.274. The van der Waals surface area contributed by atoms with Gasteiger partial charge in [0.1, 0.15) is 11.9 Å². The third-order valence-corrected chi connectivity index (χ3v) is 3.10. The first kappa shape index (κ1) is 16.2. The van der Waals surface area contributed by atoms with Crippen molar-refractivity contribution in [2.45, 2.75) is 58.5 Å². The smallest absolute Gasteiger partial charge is 0.141 e. The number of unbranched alkanes of at least 4 members (excludes halogenated alkanes) is 1. The topological polar surface area (TPSA) is 95.2 Å². The Morgan fingerprint density at radius 3 is 2.45 bits per heavy atom. The van der Waals surface area contributed by atoms with Crippen molar-refractivity contribution in [1.29, 1.82) is 0 Å². The van der Waals surface area contributed by atoms with E-state index in [1.165, 1.54) is 17.3 Å². The minimum absolute atomic E-state index is 0.318. The van der Waals surface area contributed by atoms with E-state index < -0.39 is 11.6 Å². The molecule has 1 aromatic heterocycles. The van der Waals surface area contributed by atoms with Gasteiger partial charge < -0.3 is 20.5 Å². The van der Waals surface area contributed by atoms with Gasteiger partial charge in [-0.15, -0.1) is 0 Å². The normalized spacial score (nSPS) is 13.0. The lowest BCUT2D eigenvalue weighted by atomic mass is 9.98. The molecule has 1 aromatic rings. The fourth-order valence-corrected chi connectivity index (χ4v) is 2.20. The monoisotopic (exact) mass is 279 g/mol. The van der Waals surface area contributed by atoms with Crippen LogP contribution in [0.25, 0.3) is 0 Å². The molecule has 0 radical (unpaired) electrons. The Morgan fingerprint density at radius 2 is 2.05 bits per heavy atom. The fraction of sp³-hybridized carbons (Fsp3) is 0.643. The molecule has 1 rings (SSSR count). The van der Waals surface area contributed by atoms with Gasteiger partial charge in [0.2, 0.25) is 0 Å². The standard InChI is InChI=1S/C14H24N4O2/c1-5-6-7-11(10-8-17-12(15)9-16-10)18(13(19)20)14(2,3)4/h8-9,11H,5-7H2,1-4H3,(H2,15,17)(H,19,20)/p-1. The SMILES string of the molecule is CCCCC(c1cnc(N)cn1)N(C(=O)[O-])C(C)(C)C. The summed E-state index contributed by atoms with van der Waals surface area (Å²) >= 11 is 0. The van der Waals surface area contributed by atoms with Gasteiger partial charge in [-0.05, 0) is 27.2 Å².